The Hall–Kier alpha value is -1.56. The molecular formula is C15H15ClN2O2S. The highest BCUT2D eigenvalue weighted by Gasteiger charge is 2.41. The quantitative estimate of drug-likeness (QED) is 0.850. The van der Waals surface area contributed by atoms with Crippen molar-refractivity contribution >= 4 is 27.3 Å². The lowest BCUT2D eigenvalue weighted by molar-refractivity contribution is 0.580. The van der Waals surface area contributed by atoms with Gasteiger partial charge in [0.1, 0.15) is 4.90 Å². The lowest BCUT2D eigenvalue weighted by atomic mass is 10.1. The molecule has 0 amide bonds. The largest absolute Gasteiger partial charge is 0.399 e. The third-order valence-electron chi connectivity index (χ3n) is 3.57. The zero-order valence-electron chi connectivity index (χ0n) is 11.2. The highest BCUT2D eigenvalue weighted by molar-refractivity contribution is 7.89. The lowest BCUT2D eigenvalue weighted by Gasteiger charge is -2.09. The van der Waals surface area contributed by atoms with Crippen molar-refractivity contribution in [2.75, 3.05) is 5.73 Å². The molecule has 2 aromatic carbocycles. The average molecular weight is 323 g/mol. The number of nitrogens with two attached hydrogens (primary N) is 1. The fraction of sp³-hybridized carbons (Fsp3) is 0.200. The smallest absolute Gasteiger partial charge is 0.242 e. The zero-order valence-corrected chi connectivity index (χ0v) is 12.7. The molecule has 1 aliphatic rings. The van der Waals surface area contributed by atoms with E-state index < -0.39 is 10.0 Å². The molecule has 1 saturated carbocycles. The minimum atomic E-state index is -3.65. The maximum absolute atomic E-state index is 12.4. The first kappa shape index (κ1) is 14.4. The Bertz CT molecular complexity index is 762. The van der Waals surface area contributed by atoms with Gasteiger partial charge in [-0.2, -0.15) is 0 Å². The van der Waals surface area contributed by atoms with Gasteiger partial charge in [0.2, 0.25) is 10.0 Å². The summed E-state index contributed by atoms with van der Waals surface area (Å²) in [4.78, 5) is 0.0304. The molecular weight excluding hydrogens is 308 g/mol. The second kappa shape index (κ2) is 5.33. The van der Waals surface area contributed by atoms with Crippen molar-refractivity contribution in [2.45, 2.75) is 23.3 Å². The summed E-state index contributed by atoms with van der Waals surface area (Å²) in [7, 11) is -3.65. The first-order valence-electron chi connectivity index (χ1n) is 6.60. The van der Waals surface area contributed by atoms with Crippen LogP contribution >= 0.6 is 11.6 Å². The van der Waals surface area contributed by atoms with E-state index in [1.807, 2.05) is 30.3 Å². The fourth-order valence-corrected chi connectivity index (χ4v) is 4.21. The van der Waals surface area contributed by atoms with Crippen LogP contribution in [-0.4, -0.2) is 14.5 Å². The number of nitrogen functional groups attached to an aromatic ring is 1. The Kier molecular flexibility index (Phi) is 3.65. The van der Waals surface area contributed by atoms with E-state index in [1.54, 1.807) is 6.07 Å². The molecule has 0 radical (unpaired) electrons. The van der Waals surface area contributed by atoms with Crippen LogP contribution < -0.4 is 10.5 Å². The third kappa shape index (κ3) is 3.05. The first-order chi connectivity index (χ1) is 9.97. The van der Waals surface area contributed by atoms with Crippen LogP contribution in [0.15, 0.2) is 53.4 Å². The standard InChI is InChI=1S/C15H15ClN2O2S/c16-13-7-6-11(17)8-15(13)21(19,20)18-14-9-12(14)10-4-2-1-3-5-10/h1-8,12,14,18H,9,17H2. The van der Waals surface area contributed by atoms with E-state index in [0.717, 1.165) is 12.0 Å². The van der Waals surface area contributed by atoms with E-state index in [4.69, 9.17) is 17.3 Å². The minimum absolute atomic E-state index is 0.0304. The van der Waals surface area contributed by atoms with Crippen LogP contribution in [0.5, 0.6) is 0 Å². The topological polar surface area (TPSA) is 72.2 Å². The SMILES string of the molecule is Nc1ccc(Cl)c(S(=O)(=O)NC2CC2c2ccccc2)c1. The molecule has 0 heterocycles. The Labute approximate surface area is 129 Å². The van der Waals surface area contributed by atoms with Crippen LogP contribution in [0.25, 0.3) is 0 Å². The Morgan fingerprint density at radius 1 is 1.14 bits per heavy atom. The Morgan fingerprint density at radius 3 is 2.57 bits per heavy atom. The molecule has 6 heteroatoms. The molecule has 1 fully saturated rings. The predicted octanol–water partition coefficient (Wildman–Crippen LogP) is 2.76. The van der Waals surface area contributed by atoms with E-state index in [-0.39, 0.29) is 21.9 Å². The number of sulfonamides is 1. The van der Waals surface area contributed by atoms with Crippen molar-refractivity contribution in [3.63, 3.8) is 0 Å². The van der Waals surface area contributed by atoms with E-state index in [0.29, 0.717) is 5.69 Å². The molecule has 21 heavy (non-hydrogen) atoms. The molecule has 2 unspecified atom stereocenters. The van der Waals surface area contributed by atoms with Gasteiger partial charge in [-0.3, -0.25) is 0 Å². The third-order valence-corrected chi connectivity index (χ3v) is 5.54. The van der Waals surface area contributed by atoms with Crippen molar-refractivity contribution in [3.8, 4) is 0 Å². The molecule has 0 aromatic heterocycles. The fourth-order valence-electron chi connectivity index (χ4n) is 2.38. The number of halogens is 1. The average Bonchev–Trinajstić information content (AvgIpc) is 3.21. The molecule has 0 bridgehead atoms. The maximum atomic E-state index is 12.4. The molecule has 3 rings (SSSR count). The van der Waals surface area contributed by atoms with E-state index in [1.165, 1.54) is 12.1 Å². The molecule has 0 aliphatic heterocycles. The summed E-state index contributed by atoms with van der Waals surface area (Å²) < 4.78 is 27.5. The van der Waals surface area contributed by atoms with Crippen LogP contribution in [0.1, 0.15) is 17.9 Å². The highest BCUT2D eigenvalue weighted by Crippen LogP contribution is 2.41. The second-order valence-corrected chi connectivity index (χ2v) is 7.26. The molecule has 0 spiro atoms. The summed E-state index contributed by atoms with van der Waals surface area (Å²) in [6.07, 6.45) is 0.795. The lowest BCUT2D eigenvalue weighted by Crippen LogP contribution is -2.27. The zero-order chi connectivity index (χ0) is 15.0. The van der Waals surface area contributed by atoms with Gasteiger partial charge >= 0.3 is 0 Å². The number of anilines is 1. The summed E-state index contributed by atoms with van der Waals surface area (Å²) in [6, 6.07) is 14.2. The van der Waals surface area contributed by atoms with Gasteiger partial charge in [0.25, 0.3) is 0 Å². The van der Waals surface area contributed by atoms with E-state index in [2.05, 4.69) is 4.72 Å². The molecule has 3 N–H and O–H groups in total. The van der Waals surface area contributed by atoms with Gasteiger partial charge in [-0.05, 0) is 30.2 Å². The molecule has 4 nitrogen and oxygen atoms in total. The van der Waals surface area contributed by atoms with Gasteiger partial charge in [0.15, 0.2) is 0 Å². The minimum Gasteiger partial charge on any atom is -0.399 e. The summed E-state index contributed by atoms with van der Waals surface area (Å²) in [5, 5.41) is 0.175. The van der Waals surface area contributed by atoms with Crippen LogP contribution in [0.2, 0.25) is 5.02 Å². The number of rotatable bonds is 4. The van der Waals surface area contributed by atoms with Gasteiger partial charge in [-0.1, -0.05) is 41.9 Å². The van der Waals surface area contributed by atoms with Crippen LogP contribution in [0, 0.1) is 0 Å². The second-order valence-electron chi connectivity index (χ2n) is 5.17. The molecule has 2 atom stereocenters. The molecule has 1 aliphatic carbocycles. The van der Waals surface area contributed by atoms with Crippen LogP contribution in [0.3, 0.4) is 0 Å². The van der Waals surface area contributed by atoms with Crippen molar-refractivity contribution in [1.29, 1.82) is 0 Å². The predicted molar refractivity (Wildman–Crippen MR) is 83.8 cm³/mol. The number of hydrogen-bond donors (Lipinski definition) is 2. The number of benzene rings is 2. The van der Waals surface area contributed by atoms with Crippen LogP contribution in [-0.2, 0) is 10.0 Å². The normalized spacial score (nSPS) is 21.2. The van der Waals surface area contributed by atoms with Crippen LogP contribution in [0.4, 0.5) is 5.69 Å². The summed E-state index contributed by atoms with van der Waals surface area (Å²) >= 11 is 5.96. The van der Waals surface area contributed by atoms with Crippen molar-refractivity contribution < 1.29 is 8.42 Å². The summed E-state index contributed by atoms with van der Waals surface area (Å²) in [5.41, 5.74) is 7.15. The van der Waals surface area contributed by atoms with Gasteiger partial charge in [0, 0.05) is 17.6 Å². The molecule has 110 valence electrons. The highest BCUT2D eigenvalue weighted by atomic mass is 35.5. The van der Waals surface area contributed by atoms with Gasteiger partial charge in [-0.25, -0.2) is 13.1 Å². The maximum Gasteiger partial charge on any atom is 0.242 e. The first-order valence-corrected chi connectivity index (χ1v) is 8.46. The van der Waals surface area contributed by atoms with Crippen molar-refractivity contribution in [3.05, 3.63) is 59.1 Å². The summed E-state index contributed by atoms with van der Waals surface area (Å²) in [6.45, 7) is 0. The molecule has 2 aromatic rings. The van der Waals surface area contributed by atoms with Gasteiger partial charge < -0.3 is 5.73 Å². The van der Waals surface area contributed by atoms with Gasteiger partial charge in [0.05, 0.1) is 5.02 Å². The summed E-state index contributed by atoms with van der Waals surface area (Å²) in [5.74, 6) is 0.223. The Morgan fingerprint density at radius 2 is 1.86 bits per heavy atom. The van der Waals surface area contributed by atoms with E-state index >= 15 is 0 Å². The number of nitrogens with one attached hydrogen (secondary N) is 1. The van der Waals surface area contributed by atoms with Crippen molar-refractivity contribution in [1.82, 2.24) is 4.72 Å². The van der Waals surface area contributed by atoms with Crippen molar-refractivity contribution in [2.24, 2.45) is 0 Å². The Balaban J connectivity index is 1.78. The molecule has 0 saturated heterocycles. The van der Waals surface area contributed by atoms with E-state index in [9.17, 15) is 8.42 Å². The number of hydrogen-bond acceptors (Lipinski definition) is 3. The van der Waals surface area contributed by atoms with Gasteiger partial charge in [-0.15, -0.1) is 0 Å². The monoisotopic (exact) mass is 322 g/mol.